The summed E-state index contributed by atoms with van der Waals surface area (Å²) >= 11 is 0. The average Bonchev–Trinajstić information content (AvgIpc) is 3.21. The van der Waals surface area contributed by atoms with Crippen LogP contribution in [0.3, 0.4) is 0 Å². The molecular formula is C18H20N6O3. The van der Waals surface area contributed by atoms with E-state index in [-0.39, 0.29) is 24.1 Å². The zero-order chi connectivity index (χ0) is 19.6. The van der Waals surface area contributed by atoms with E-state index in [1.54, 1.807) is 24.3 Å². The molecule has 9 heteroatoms. The minimum atomic E-state index is -1.15. The summed E-state index contributed by atoms with van der Waals surface area (Å²) in [5.74, 6) is -1.29. The normalized spacial score (nSPS) is 12.0. The first-order valence-corrected chi connectivity index (χ1v) is 8.42. The van der Waals surface area contributed by atoms with Gasteiger partial charge in [-0.05, 0) is 45.0 Å². The molecule has 0 radical (unpaired) electrons. The van der Waals surface area contributed by atoms with Gasteiger partial charge < -0.3 is 10.4 Å². The van der Waals surface area contributed by atoms with Crippen molar-refractivity contribution in [3.8, 4) is 5.69 Å². The van der Waals surface area contributed by atoms with Crippen LogP contribution in [-0.2, 0) is 4.79 Å². The van der Waals surface area contributed by atoms with E-state index in [0.29, 0.717) is 11.4 Å². The van der Waals surface area contributed by atoms with Crippen LogP contribution in [0.5, 0.6) is 0 Å². The Morgan fingerprint density at radius 1 is 1.26 bits per heavy atom. The number of aromatic nitrogens is 5. The first-order chi connectivity index (χ1) is 12.8. The van der Waals surface area contributed by atoms with Crippen LogP contribution >= 0.6 is 0 Å². The van der Waals surface area contributed by atoms with Crippen molar-refractivity contribution in [2.75, 3.05) is 5.32 Å². The Balaban J connectivity index is 1.69. The molecule has 3 aromatic rings. The lowest BCUT2D eigenvalue weighted by Gasteiger charge is -2.14. The quantitative estimate of drug-likeness (QED) is 0.690. The third-order valence-corrected chi connectivity index (χ3v) is 4.05. The number of nitrogens with one attached hydrogen (secondary N) is 1. The molecule has 3 rings (SSSR count). The number of hydrogen-bond donors (Lipinski definition) is 2. The van der Waals surface area contributed by atoms with Crippen molar-refractivity contribution in [2.24, 2.45) is 0 Å². The molecule has 0 saturated carbocycles. The molecule has 2 N–H and O–H groups in total. The van der Waals surface area contributed by atoms with Crippen LogP contribution in [0.4, 0.5) is 5.69 Å². The summed E-state index contributed by atoms with van der Waals surface area (Å²) in [5, 5.41) is 23.6. The van der Waals surface area contributed by atoms with Gasteiger partial charge in [0, 0.05) is 17.8 Å². The summed E-state index contributed by atoms with van der Waals surface area (Å²) in [5.41, 5.74) is 2.96. The van der Waals surface area contributed by atoms with Gasteiger partial charge in [0.05, 0.1) is 23.6 Å². The van der Waals surface area contributed by atoms with Crippen LogP contribution in [0.1, 0.15) is 41.3 Å². The first-order valence-electron chi connectivity index (χ1n) is 8.42. The first kappa shape index (κ1) is 18.3. The molecule has 0 bridgehead atoms. The zero-order valence-electron chi connectivity index (χ0n) is 15.2. The number of amides is 1. The number of aryl methyl sites for hydroxylation is 2. The molecule has 2 aromatic heterocycles. The van der Waals surface area contributed by atoms with E-state index >= 15 is 0 Å². The monoisotopic (exact) mass is 368 g/mol. The molecule has 1 unspecified atom stereocenters. The third kappa shape index (κ3) is 4.20. The summed E-state index contributed by atoms with van der Waals surface area (Å²) in [6.45, 7) is 5.82. The van der Waals surface area contributed by atoms with E-state index in [2.05, 4.69) is 20.7 Å². The second kappa shape index (κ2) is 7.40. The lowest BCUT2D eigenvalue weighted by molar-refractivity contribution is -0.116. The Kier molecular flexibility index (Phi) is 5.02. The molecule has 9 nitrogen and oxygen atoms in total. The van der Waals surface area contributed by atoms with Gasteiger partial charge in [-0.1, -0.05) is 11.3 Å². The maximum atomic E-state index is 12.4. The number of nitrogens with zero attached hydrogens (tertiary/aromatic N) is 5. The average molecular weight is 368 g/mol. The fourth-order valence-corrected chi connectivity index (χ4v) is 2.87. The maximum absolute atomic E-state index is 12.4. The summed E-state index contributed by atoms with van der Waals surface area (Å²) in [6.07, 6.45) is 1.59. The molecule has 0 spiro atoms. The van der Waals surface area contributed by atoms with Crippen molar-refractivity contribution in [3.63, 3.8) is 0 Å². The second-order valence-electron chi connectivity index (χ2n) is 6.38. The predicted octanol–water partition coefficient (Wildman–Crippen LogP) is 2.37. The van der Waals surface area contributed by atoms with Gasteiger partial charge in [-0.25, -0.2) is 9.48 Å². The fourth-order valence-electron chi connectivity index (χ4n) is 2.87. The highest BCUT2D eigenvalue weighted by Crippen LogP contribution is 2.18. The molecule has 0 aliphatic rings. The number of carbonyl (C=O) groups excluding carboxylic acids is 1. The van der Waals surface area contributed by atoms with Crippen LogP contribution in [0, 0.1) is 13.8 Å². The number of anilines is 1. The van der Waals surface area contributed by atoms with Crippen molar-refractivity contribution >= 4 is 17.6 Å². The SMILES string of the molecule is Cc1cc(C)n(C(C)CC(=O)Nc2cccc(-n3cc(C(=O)O)nn3)c2)n1. The Morgan fingerprint density at radius 3 is 2.67 bits per heavy atom. The number of carboxylic acid groups (broad SMARTS) is 1. The van der Waals surface area contributed by atoms with Crippen LogP contribution in [0.15, 0.2) is 36.5 Å². The molecule has 1 amide bonds. The highest BCUT2D eigenvalue weighted by molar-refractivity contribution is 5.91. The van der Waals surface area contributed by atoms with Gasteiger partial charge in [-0.2, -0.15) is 5.10 Å². The highest BCUT2D eigenvalue weighted by Gasteiger charge is 2.15. The van der Waals surface area contributed by atoms with Gasteiger partial charge in [-0.15, -0.1) is 5.10 Å². The second-order valence-corrected chi connectivity index (χ2v) is 6.38. The van der Waals surface area contributed by atoms with Crippen molar-refractivity contribution < 1.29 is 14.7 Å². The van der Waals surface area contributed by atoms with Gasteiger partial charge in [0.2, 0.25) is 5.91 Å². The van der Waals surface area contributed by atoms with Crippen LogP contribution in [-0.4, -0.2) is 41.8 Å². The third-order valence-electron chi connectivity index (χ3n) is 4.05. The molecule has 140 valence electrons. The lowest BCUT2D eigenvalue weighted by Crippen LogP contribution is -2.19. The molecule has 0 fully saturated rings. The summed E-state index contributed by atoms with van der Waals surface area (Å²) < 4.78 is 3.19. The van der Waals surface area contributed by atoms with E-state index < -0.39 is 5.97 Å². The Labute approximate surface area is 155 Å². The van der Waals surface area contributed by atoms with E-state index in [1.165, 1.54) is 10.9 Å². The minimum Gasteiger partial charge on any atom is -0.476 e. The Bertz CT molecular complexity index is 991. The van der Waals surface area contributed by atoms with Gasteiger partial charge in [0.25, 0.3) is 0 Å². The van der Waals surface area contributed by atoms with Crippen LogP contribution < -0.4 is 5.32 Å². The van der Waals surface area contributed by atoms with Gasteiger partial charge in [0.15, 0.2) is 5.69 Å². The van der Waals surface area contributed by atoms with Crippen molar-refractivity contribution in [1.29, 1.82) is 0 Å². The zero-order valence-corrected chi connectivity index (χ0v) is 15.2. The molecule has 0 aliphatic carbocycles. The lowest BCUT2D eigenvalue weighted by atomic mass is 10.2. The van der Waals surface area contributed by atoms with Gasteiger partial charge >= 0.3 is 5.97 Å². The Hall–Kier alpha value is -3.49. The number of hydrogen-bond acceptors (Lipinski definition) is 5. The van der Waals surface area contributed by atoms with E-state index in [9.17, 15) is 9.59 Å². The Morgan fingerprint density at radius 2 is 2.04 bits per heavy atom. The maximum Gasteiger partial charge on any atom is 0.358 e. The number of benzene rings is 1. The van der Waals surface area contributed by atoms with E-state index in [0.717, 1.165) is 11.4 Å². The summed E-state index contributed by atoms with van der Waals surface area (Å²) in [4.78, 5) is 23.3. The van der Waals surface area contributed by atoms with Crippen molar-refractivity contribution in [3.05, 3.63) is 53.6 Å². The predicted molar refractivity (Wildman–Crippen MR) is 98.0 cm³/mol. The van der Waals surface area contributed by atoms with E-state index in [4.69, 9.17) is 5.11 Å². The molecule has 27 heavy (non-hydrogen) atoms. The van der Waals surface area contributed by atoms with Gasteiger partial charge in [-0.3, -0.25) is 9.48 Å². The fraction of sp³-hybridized carbons (Fsp3) is 0.278. The smallest absolute Gasteiger partial charge is 0.358 e. The molecule has 1 atom stereocenters. The summed E-state index contributed by atoms with van der Waals surface area (Å²) in [6, 6.07) is 8.85. The summed E-state index contributed by atoms with van der Waals surface area (Å²) in [7, 11) is 0. The highest BCUT2D eigenvalue weighted by atomic mass is 16.4. The molecule has 0 aliphatic heterocycles. The molecule has 0 saturated heterocycles. The standard InChI is InChI=1S/C18H20N6O3/c1-11-7-12(2)24(21-11)13(3)8-17(25)19-14-5-4-6-15(9-14)23-10-16(18(26)27)20-22-23/h4-7,9-10,13H,8H2,1-3H3,(H,19,25)(H,26,27). The largest absolute Gasteiger partial charge is 0.476 e. The number of carboxylic acids is 1. The van der Waals surface area contributed by atoms with Gasteiger partial charge in [0.1, 0.15) is 0 Å². The number of aromatic carboxylic acids is 1. The van der Waals surface area contributed by atoms with Crippen LogP contribution in [0.2, 0.25) is 0 Å². The molecule has 1 aromatic carbocycles. The minimum absolute atomic E-state index is 0.0738. The molecule has 2 heterocycles. The van der Waals surface area contributed by atoms with E-state index in [1.807, 2.05) is 31.5 Å². The van der Waals surface area contributed by atoms with Crippen molar-refractivity contribution in [2.45, 2.75) is 33.2 Å². The molecular weight excluding hydrogens is 348 g/mol. The van der Waals surface area contributed by atoms with Crippen molar-refractivity contribution in [1.82, 2.24) is 24.8 Å². The number of rotatable bonds is 6. The van der Waals surface area contributed by atoms with Crippen LogP contribution in [0.25, 0.3) is 5.69 Å². The topological polar surface area (TPSA) is 115 Å². The number of carbonyl (C=O) groups is 2.